The molecule has 0 radical (unpaired) electrons. The molecule has 1 aromatic carbocycles. The number of benzene rings is 1. The highest BCUT2D eigenvalue weighted by atomic mass is 35.5. The summed E-state index contributed by atoms with van der Waals surface area (Å²) in [5.41, 5.74) is 0.672. The van der Waals surface area contributed by atoms with E-state index in [0.29, 0.717) is 39.7 Å². The molecule has 3 rings (SSSR count). The number of nitrogens with one attached hydrogen (secondary N) is 1. The molecule has 1 atom stereocenters. The van der Waals surface area contributed by atoms with Crippen molar-refractivity contribution < 1.29 is 14.3 Å². The lowest BCUT2D eigenvalue weighted by Crippen LogP contribution is -2.42. The summed E-state index contributed by atoms with van der Waals surface area (Å²) < 4.78 is 13.0. The van der Waals surface area contributed by atoms with Crippen LogP contribution in [0.5, 0.6) is 5.75 Å². The molecule has 0 aliphatic heterocycles. The van der Waals surface area contributed by atoms with Crippen molar-refractivity contribution in [3.63, 3.8) is 0 Å². The maximum atomic E-state index is 13.0. The third-order valence-corrected chi connectivity index (χ3v) is 5.57. The van der Waals surface area contributed by atoms with E-state index < -0.39 is 11.7 Å². The van der Waals surface area contributed by atoms with E-state index in [0.717, 1.165) is 10.8 Å². The highest BCUT2D eigenvalue weighted by Gasteiger charge is 2.21. The SMILES string of the molecule is Cc1nccc2c1c(=O)n(C)c1cc(OC[C@@H](CC(C)C)NC(=O)OC(C)(C)C)c(Cl)cc21. The normalized spacial score (nSPS) is 12.9. The molecule has 33 heavy (non-hydrogen) atoms. The van der Waals surface area contributed by atoms with E-state index in [1.165, 1.54) is 0 Å². The van der Waals surface area contributed by atoms with E-state index >= 15 is 0 Å². The van der Waals surface area contributed by atoms with Gasteiger partial charge in [0.15, 0.2) is 0 Å². The fraction of sp³-hybridized carbons (Fsp3) is 0.480. The number of halogens is 1. The number of aromatic nitrogens is 2. The number of ether oxygens (including phenoxy) is 2. The van der Waals surface area contributed by atoms with Gasteiger partial charge in [0, 0.05) is 24.7 Å². The van der Waals surface area contributed by atoms with Crippen LogP contribution in [-0.2, 0) is 11.8 Å². The zero-order valence-electron chi connectivity index (χ0n) is 20.3. The molecule has 0 saturated heterocycles. The van der Waals surface area contributed by atoms with Gasteiger partial charge in [-0.25, -0.2) is 4.79 Å². The first-order valence-corrected chi connectivity index (χ1v) is 11.4. The average molecular weight is 474 g/mol. The van der Waals surface area contributed by atoms with Crippen LogP contribution in [0, 0.1) is 12.8 Å². The van der Waals surface area contributed by atoms with Crippen molar-refractivity contribution in [1.29, 1.82) is 0 Å². The number of carbonyl (C=O) groups excluding carboxylic acids is 1. The molecule has 0 unspecified atom stereocenters. The molecule has 3 aromatic rings. The number of fused-ring (bicyclic) bond motifs is 3. The Balaban J connectivity index is 1.92. The first-order chi connectivity index (χ1) is 15.4. The van der Waals surface area contributed by atoms with E-state index in [2.05, 4.69) is 24.1 Å². The van der Waals surface area contributed by atoms with Crippen molar-refractivity contribution in [3.8, 4) is 5.75 Å². The van der Waals surface area contributed by atoms with Crippen LogP contribution >= 0.6 is 11.6 Å². The fourth-order valence-corrected chi connectivity index (χ4v) is 4.10. The second-order valence-corrected chi connectivity index (χ2v) is 10.2. The number of hydrogen-bond donors (Lipinski definition) is 1. The van der Waals surface area contributed by atoms with Gasteiger partial charge in [0.2, 0.25) is 0 Å². The quantitative estimate of drug-likeness (QED) is 0.487. The van der Waals surface area contributed by atoms with Crippen LogP contribution in [0.3, 0.4) is 0 Å². The summed E-state index contributed by atoms with van der Waals surface area (Å²) in [5, 5.41) is 5.55. The maximum absolute atomic E-state index is 13.0. The van der Waals surface area contributed by atoms with Crippen molar-refractivity contribution in [2.75, 3.05) is 6.61 Å². The first kappa shape index (κ1) is 24.8. The largest absolute Gasteiger partial charge is 0.490 e. The zero-order chi connectivity index (χ0) is 24.5. The minimum atomic E-state index is -0.587. The molecule has 2 aromatic heterocycles. The number of nitrogens with zero attached hydrogens (tertiary/aromatic N) is 2. The van der Waals surface area contributed by atoms with Crippen LogP contribution in [0.25, 0.3) is 21.7 Å². The van der Waals surface area contributed by atoms with Crippen molar-refractivity contribution in [1.82, 2.24) is 14.9 Å². The molecule has 0 spiro atoms. The third kappa shape index (κ3) is 5.77. The Bertz CT molecular complexity index is 1240. The van der Waals surface area contributed by atoms with Crippen molar-refractivity contribution in [3.05, 3.63) is 45.5 Å². The number of amides is 1. The number of carbonyl (C=O) groups is 1. The molecule has 2 heterocycles. The van der Waals surface area contributed by atoms with Crippen LogP contribution in [-0.4, -0.2) is 33.9 Å². The first-order valence-electron chi connectivity index (χ1n) is 11.1. The van der Waals surface area contributed by atoms with Gasteiger partial charge in [0.1, 0.15) is 18.0 Å². The molecular weight excluding hydrogens is 442 g/mol. The van der Waals surface area contributed by atoms with Crippen LogP contribution < -0.4 is 15.6 Å². The number of rotatable bonds is 6. The van der Waals surface area contributed by atoms with Gasteiger partial charge >= 0.3 is 6.09 Å². The summed E-state index contributed by atoms with van der Waals surface area (Å²) in [4.78, 5) is 29.5. The maximum Gasteiger partial charge on any atom is 0.407 e. The van der Waals surface area contributed by atoms with Gasteiger partial charge < -0.3 is 19.4 Å². The molecule has 178 valence electrons. The third-order valence-electron chi connectivity index (χ3n) is 5.28. The van der Waals surface area contributed by atoms with Crippen molar-refractivity contribution in [2.45, 2.75) is 59.6 Å². The van der Waals surface area contributed by atoms with Crippen molar-refractivity contribution >= 4 is 39.4 Å². The van der Waals surface area contributed by atoms with Gasteiger partial charge in [-0.2, -0.15) is 0 Å². The van der Waals surface area contributed by atoms with Gasteiger partial charge in [0.25, 0.3) is 5.56 Å². The monoisotopic (exact) mass is 473 g/mol. The highest BCUT2D eigenvalue weighted by Crippen LogP contribution is 2.33. The summed E-state index contributed by atoms with van der Waals surface area (Å²) in [5.74, 6) is 0.786. The molecule has 0 saturated carbocycles. The summed E-state index contributed by atoms with van der Waals surface area (Å²) in [6, 6.07) is 5.15. The lowest BCUT2D eigenvalue weighted by molar-refractivity contribution is 0.0480. The highest BCUT2D eigenvalue weighted by molar-refractivity contribution is 6.33. The summed E-state index contributed by atoms with van der Waals surface area (Å²) in [6.07, 6.45) is 1.91. The Labute approximate surface area is 199 Å². The Morgan fingerprint density at radius 2 is 1.94 bits per heavy atom. The van der Waals surface area contributed by atoms with E-state index in [9.17, 15) is 9.59 Å². The van der Waals surface area contributed by atoms with Gasteiger partial charge in [-0.05, 0) is 57.6 Å². The second-order valence-electron chi connectivity index (χ2n) is 9.77. The Morgan fingerprint density at radius 3 is 2.58 bits per heavy atom. The second kappa shape index (κ2) is 9.59. The van der Waals surface area contributed by atoms with Gasteiger partial charge in [-0.1, -0.05) is 25.4 Å². The summed E-state index contributed by atoms with van der Waals surface area (Å²) >= 11 is 6.58. The van der Waals surface area contributed by atoms with Gasteiger partial charge in [-0.15, -0.1) is 0 Å². The van der Waals surface area contributed by atoms with Gasteiger partial charge in [0.05, 0.1) is 27.7 Å². The van der Waals surface area contributed by atoms with Crippen LogP contribution in [0.4, 0.5) is 4.79 Å². The number of hydrogen-bond acceptors (Lipinski definition) is 5. The Kier molecular flexibility index (Phi) is 7.22. The molecule has 1 N–H and O–H groups in total. The smallest absolute Gasteiger partial charge is 0.407 e. The molecule has 0 aliphatic rings. The minimum Gasteiger partial charge on any atom is -0.490 e. The predicted octanol–water partition coefficient (Wildman–Crippen LogP) is 5.37. The van der Waals surface area contributed by atoms with Crippen LogP contribution in [0.15, 0.2) is 29.2 Å². The van der Waals surface area contributed by atoms with E-state index in [4.69, 9.17) is 21.1 Å². The Morgan fingerprint density at radius 1 is 1.24 bits per heavy atom. The number of pyridine rings is 2. The molecule has 0 fully saturated rings. The van der Waals surface area contributed by atoms with E-state index in [-0.39, 0.29) is 18.2 Å². The molecular formula is C25H32ClN3O4. The van der Waals surface area contributed by atoms with Gasteiger partial charge in [-0.3, -0.25) is 9.78 Å². The lowest BCUT2D eigenvalue weighted by Gasteiger charge is -2.25. The fourth-order valence-electron chi connectivity index (χ4n) is 3.89. The number of aryl methyl sites for hydroxylation is 2. The molecule has 1 amide bonds. The summed E-state index contributed by atoms with van der Waals surface area (Å²) in [6.45, 7) is 11.6. The zero-order valence-corrected chi connectivity index (χ0v) is 21.0. The molecule has 8 heteroatoms. The standard InChI is InChI=1S/C25H32ClN3O4/c1-14(2)10-16(28-24(31)33-25(4,5)6)13-32-21-12-20-18(11-19(21)26)17-8-9-27-15(3)22(17)23(30)29(20)7/h8-9,11-12,14,16H,10,13H2,1-7H3,(H,28,31)/t16-/m1/s1. The predicted molar refractivity (Wildman–Crippen MR) is 132 cm³/mol. The van der Waals surface area contributed by atoms with E-state index in [1.54, 1.807) is 23.9 Å². The summed E-state index contributed by atoms with van der Waals surface area (Å²) in [7, 11) is 1.72. The topological polar surface area (TPSA) is 82.5 Å². The minimum absolute atomic E-state index is 0.124. The van der Waals surface area contributed by atoms with Crippen LogP contribution in [0.1, 0.15) is 46.7 Å². The molecule has 7 nitrogen and oxygen atoms in total. The molecule has 0 bridgehead atoms. The number of alkyl carbamates (subject to hydrolysis) is 1. The Hall–Kier alpha value is -2.80. The van der Waals surface area contributed by atoms with Crippen molar-refractivity contribution in [2.24, 2.45) is 13.0 Å². The average Bonchev–Trinajstić information content (AvgIpc) is 2.68. The van der Waals surface area contributed by atoms with E-state index in [1.807, 2.05) is 39.8 Å². The van der Waals surface area contributed by atoms with Crippen LogP contribution in [0.2, 0.25) is 5.02 Å². The molecule has 0 aliphatic carbocycles. The lowest BCUT2D eigenvalue weighted by atomic mass is 10.0.